The third-order valence-electron chi connectivity index (χ3n) is 2.10. The minimum absolute atomic E-state index is 0.000347. The van der Waals surface area contributed by atoms with Crippen LogP contribution >= 0.6 is 15.9 Å². The fourth-order valence-corrected chi connectivity index (χ4v) is 1.57. The van der Waals surface area contributed by atoms with Crippen LogP contribution in [-0.2, 0) is 6.42 Å². The molecule has 0 fully saturated rings. The number of phenols is 1. The van der Waals surface area contributed by atoms with Gasteiger partial charge in [-0.3, -0.25) is 0 Å². The van der Waals surface area contributed by atoms with Crippen molar-refractivity contribution < 1.29 is 13.9 Å². The van der Waals surface area contributed by atoms with E-state index in [0.29, 0.717) is 10.0 Å². The Balaban J connectivity index is 2.94. The fourth-order valence-electron chi connectivity index (χ4n) is 1.18. The molecule has 5 heteroatoms. The van der Waals surface area contributed by atoms with Crippen LogP contribution in [0.4, 0.5) is 8.78 Å². The van der Waals surface area contributed by atoms with Crippen LogP contribution in [0.2, 0.25) is 0 Å². The Kier molecular flexibility index (Phi) is 3.67. The molecule has 0 radical (unpaired) electrons. The first-order chi connectivity index (χ1) is 6.83. The molecule has 0 spiro atoms. The summed E-state index contributed by atoms with van der Waals surface area (Å²) < 4.78 is 25.7. The van der Waals surface area contributed by atoms with E-state index >= 15 is 0 Å². The summed E-state index contributed by atoms with van der Waals surface area (Å²) in [6, 6.07) is 4.51. The Bertz CT molecular complexity index is 355. The first-order valence-corrected chi connectivity index (χ1v) is 5.16. The maximum atomic E-state index is 12.5. The Morgan fingerprint density at radius 1 is 1.53 bits per heavy atom. The second-order valence-corrected chi connectivity index (χ2v) is 4.61. The molecule has 2 nitrogen and oxygen atoms in total. The normalized spacial score (nSPS) is 15.3. The highest BCUT2D eigenvalue weighted by atomic mass is 79.9. The van der Waals surface area contributed by atoms with Crippen molar-refractivity contribution in [3.63, 3.8) is 0 Å². The molecular weight excluding hydrogens is 268 g/mol. The van der Waals surface area contributed by atoms with Gasteiger partial charge in [0, 0.05) is 4.47 Å². The van der Waals surface area contributed by atoms with Crippen molar-refractivity contribution in [1.82, 2.24) is 0 Å². The number of hydrogen-bond acceptors (Lipinski definition) is 2. The van der Waals surface area contributed by atoms with E-state index in [0.717, 1.165) is 0 Å². The summed E-state index contributed by atoms with van der Waals surface area (Å²) in [5.41, 5.74) is 4.44. The summed E-state index contributed by atoms with van der Waals surface area (Å²) in [5.74, 6) is 0.0401. The minimum Gasteiger partial charge on any atom is -0.508 e. The van der Waals surface area contributed by atoms with Gasteiger partial charge in [-0.1, -0.05) is 15.9 Å². The van der Waals surface area contributed by atoms with Crippen LogP contribution < -0.4 is 5.73 Å². The van der Waals surface area contributed by atoms with E-state index in [2.05, 4.69) is 15.9 Å². The second kappa shape index (κ2) is 4.45. The topological polar surface area (TPSA) is 46.2 Å². The van der Waals surface area contributed by atoms with Crippen molar-refractivity contribution >= 4 is 15.9 Å². The molecule has 0 aliphatic rings. The Morgan fingerprint density at radius 2 is 2.13 bits per heavy atom. The van der Waals surface area contributed by atoms with Gasteiger partial charge >= 0.3 is 0 Å². The Labute approximate surface area is 95.2 Å². The van der Waals surface area contributed by atoms with E-state index in [1.807, 2.05) is 0 Å². The van der Waals surface area contributed by atoms with E-state index in [1.54, 1.807) is 6.07 Å². The SMILES string of the molecule is CC(N)(Cc1cc(O)ccc1Br)C(F)F. The van der Waals surface area contributed by atoms with E-state index in [1.165, 1.54) is 19.1 Å². The van der Waals surface area contributed by atoms with E-state index in [4.69, 9.17) is 5.73 Å². The van der Waals surface area contributed by atoms with Gasteiger partial charge in [-0.05, 0) is 37.1 Å². The summed E-state index contributed by atoms with van der Waals surface area (Å²) in [4.78, 5) is 0. The first-order valence-electron chi connectivity index (χ1n) is 4.37. The zero-order valence-corrected chi connectivity index (χ0v) is 9.76. The molecule has 0 heterocycles. The molecule has 84 valence electrons. The van der Waals surface area contributed by atoms with Crippen molar-refractivity contribution in [3.05, 3.63) is 28.2 Å². The van der Waals surface area contributed by atoms with Gasteiger partial charge < -0.3 is 10.8 Å². The molecule has 0 saturated carbocycles. The number of phenolic OH excluding ortho intramolecular Hbond substituents is 1. The third-order valence-corrected chi connectivity index (χ3v) is 2.87. The fraction of sp³-hybridized carbons (Fsp3) is 0.400. The summed E-state index contributed by atoms with van der Waals surface area (Å²) in [6.07, 6.45) is -2.61. The van der Waals surface area contributed by atoms with E-state index < -0.39 is 12.0 Å². The summed E-state index contributed by atoms with van der Waals surface area (Å²) in [7, 11) is 0. The van der Waals surface area contributed by atoms with Crippen LogP contribution in [0.25, 0.3) is 0 Å². The summed E-state index contributed by atoms with van der Waals surface area (Å²) in [5, 5.41) is 9.22. The van der Waals surface area contributed by atoms with Gasteiger partial charge in [-0.2, -0.15) is 0 Å². The third kappa shape index (κ3) is 3.14. The molecule has 0 aliphatic heterocycles. The second-order valence-electron chi connectivity index (χ2n) is 3.76. The van der Waals surface area contributed by atoms with Gasteiger partial charge in [0.1, 0.15) is 5.75 Å². The predicted octanol–water partition coefficient (Wildman–Crippen LogP) is 2.68. The van der Waals surface area contributed by atoms with Gasteiger partial charge in [0.15, 0.2) is 0 Å². The van der Waals surface area contributed by atoms with Gasteiger partial charge in [-0.15, -0.1) is 0 Å². The Morgan fingerprint density at radius 3 is 2.67 bits per heavy atom. The van der Waals surface area contributed by atoms with Crippen LogP contribution in [0.3, 0.4) is 0 Å². The van der Waals surface area contributed by atoms with Crippen molar-refractivity contribution in [1.29, 1.82) is 0 Å². The highest BCUT2D eigenvalue weighted by Gasteiger charge is 2.31. The number of nitrogens with two attached hydrogens (primary N) is 1. The lowest BCUT2D eigenvalue weighted by Crippen LogP contribution is -2.45. The quantitative estimate of drug-likeness (QED) is 0.894. The average molecular weight is 280 g/mol. The van der Waals surface area contributed by atoms with E-state index in [-0.39, 0.29) is 12.2 Å². The van der Waals surface area contributed by atoms with Crippen molar-refractivity contribution in [2.45, 2.75) is 25.3 Å². The predicted molar refractivity (Wildman–Crippen MR) is 58.1 cm³/mol. The van der Waals surface area contributed by atoms with Gasteiger partial charge in [0.2, 0.25) is 0 Å². The largest absolute Gasteiger partial charge is 0.508 e. The van der Waals surface area contributed by atoms with Gasteiger partial charge in [0.05, 0.1) is 5.54 Å². The van der Waals surface area contributed by atoms with Crippen molar-refractivity contribution in [2.24, 2.45) is 5.73 Å². The minimum atomic E-state index is -2.60. The van der Waals surface area contributed by atoms with E-state index in [9.17, 15) is 13.9 Å². The zero-order chi connectivity index (χ0) is 11.6. The number of rotatable bonds is 3. The lowest BCUT2D eigenvalue weighted by Gasteiger charge is -2.24. The smallest absolute Gasteiger partial charge is 0.256 e. The lowest BCUT2D eigenvalue weighted by atomic mass is 9.94. The molecule has 1 aromatic rings. The molecule has 0 bridgehead atoms. The van der Waals surface area contributed by atoms with Crippen LogP contribution in [0.5, 0.6) is 5.75 Å². The Hall–Kier alpha value is -0.680. The summed E-state index contributed by atoms with van der Waals surface area (Å²) in [6.45, 7) is 1.29. The molecule has 15 heavy (non-hydrogen) atoms. The molecule has 1 unspecified atom stereocenters. The van der Waals surface area contributed by atoms with Crippen molar-refractivity contribution in [2.75, 3.05) is 0 Å². The first kappa shape index (κ1) is 12.4. The van der Waals surface area contributed by atoms with Crippen LogP contribution in [0, 0.1) is 0 Å². The molecule has 0 amide bonds. The number of aromatic hydroxyl groups is 1. The number of hydrogen-bond donors (Lipinski definition) is 2. The monoisotopic (exact) mass is 279 g/mol. The molecular formula is C10H12BrF2NO. The molecule has 1 atom stereocenters. The number of benzene rings is 1. The molecule has 3 N–H and O–H groups in total. The highest BCUT2D eigenvalue weighted by molar-refractivity contribution is 9.10. The number of alkyl halides is 2. The molecule has 1 aromatic carbocycles. The maximum absolute atomic E-state index is 12.5. The van der Waals surface area contributed by atoms with Gasteiger partial charge in [0.25, 0.3) is 6.43 Å². The van der Waals surface area contributed by atoms with Crippen LogP contribution in [0.15, 0.2) is 22.7 Å². The van der Waals surface area contributed by atoms with Crippen LogP contribution in [0.1, 0.15) is 12.5 Å². The zero-order valence-electron chi connectivity index (χ0n) is 8.17. The summed E-state index contributed by atoms with van der Waals surface area (Å²) >= 11 is 3.22. The van der Waals surface area contributed by atoms with Gasteiger partial charge in [-0.25, -0.2) is 8.78 Å². The molecule has 0 saturated heterocycles. The molecule has 0 aromatic heterocycles. The molecule has 1 rings (SSSR count). The van der Waals surface area contributed by atoms with Crippen molar-refractivity contribution in [3.8, 4) is 5.75 Å². The standard InChI is InChI=1S/C10H12BrF2NO/c1-10(14,9(12)13)5-6-4-7(15)2-3-8(6)11/h2-4,9,15H,5,14H2,1H3. The number of halogens is 3. The highest BCUT2D eigenvalue weighted by Crippen LogP contribution is 2.27. The lowest BCUT2D eigenvalue weighted by molar-refractivity contribution is 0.0638. The average Bonchev–Trinajstić information content (AvgIpc) is 2.10. The maximum Gasteiger partial charge on any atom is 0.256 e. The molecule has 0 aliphatic carbocycles. The van der Waals surface area contributed by atoms with Crippen LogP contribution in [-0.4, -0.2) is 17.1 Å².